The average molecular weight is 258 g/mol. The van der Waals surface area contributed by atoms with E-state index in [-0.39, 0.29) is 10.8 Å². The van der Waals surface area contributed by atoms with Gasteiger partial charge in [0.05, 0.1) is 0 Å². The van der Waals surface area contributed by atoms with E-state index in [1.165, 1.54) is 0 Å². The number of hydrogen-bond acceptors (Lipinski definition) is 5. The van der Waals surface area contributed by atoms with Gasteiger partial charge < -0.3 is 10.6 Å². The molecule has 2 N–H and O–H groups in total. The molecule has 0 amide bonds. The van der Waals surface area contributed by atoms with Crippen molar-refractivity contribution in [3.8, 4) is 0 Å². The summed E-state index contributed by atoms with van der Waals surface area (Å²) in [4.78, 5) is 12.3. The number of nitrogens with one attached hydrogen (secondary N) is 2. The molecule has 0 unspecified atom stereocenters. The fourth-order valence-corrected chi connectivity index (χ4v) is 1.93. The molecule has 1 aromatic rings. The van der Waals surface area contributed by atoms with Gasteiger partial charge in [-0.1, -0.05) is 20.8 Å². The summed E-state index contributed by atoms with van der Waals surface area (Å²) in [5.41, 5.74) is 0.0235. The van der Waals surface area contributed by atoms with Gasteiger partial charge in [0.2, 0.25) is 17.2 Å². The molecule has 0 bridgehead atoms. The molecule has 0 aromatic carbocycles. The molecule has 5 nitrogen and oxygen atoms in total. The van der Waals surface area contributed by atoms with Crippen LogP contribution in [-0.2, 0) is 0 Å². The van der Waals surface area contributed by atoms with Gasteiger partial charge >= 0.3 is 0 Å². The molecule has 0 atom stereocenters. The van der Waals surface area contributed by atoms with Crippen molar-refractivity contribution in [2.24, 2.45) is 0 Å². The number of halogens is 1. The van der Waals surface area contributed by atoms with E-state index in [1.807, 2.05) is 0 Å². The average Bonchev–Trinajstić information content (AvgIpc) is 2.35. The van der Waals surface area contributed by atoms with Crippen molar-refractivity contribution >= 4 is 23.5 Å². The largest absolute Gasteiger partial charge is 0.357 e. The molecule has 0 fully saturated rings. The van der Waals surface area contributed by atoms with Crippen molar-refractivity contribution in [3.05, 3.63) is 5.28 Å². The van der Waals surface area contributed by atoms with Gasteiger partial charge in [0.15, 0.2) is 0 Å². The van der Waals surface area contributed by atoms with Gasteiger partial charge in [-0.15, -0.1) is 0 Å². The molecule has 0 aliphatic carbocycles. The van der Waals surface area contributed by atoms with Gasteiger partial charge in [-0.3, -0.25) is 0 Å². The predicted octanol–water partition coefficient (Wildman–Crippen LogP) is 2.95. The first-order valence-electron chi connectivity index (χ1n) is 5.96. The lowest BCUT2D eigenvalue weighted by Crippen LogP contribution is -2.37. The first-order chi connectivity index (χ1) is 8.09. The Bertz CT molecular complexity index is 357. The van der Waals surface area contributed by atoms with Crippen LogP contribution in [0.4, 0.5) is 11.9 Å². The van der Waals surface area contributed by atoms with Gasteiger partial charge in [0.25, 0.3) is 0 Å². The zero-order valence-electron chi connectivity index (χ0n) is 10.8. The van der Waals surface area contributed by atoms with Crippen LogP contribution in [0.1, 0.15) is 40.0 Å². The lowest BCUT2D eigenvalue weighted by atomic mass is 9.90. The standard InChI is InChI=1S/C11H20ClN5/c1-5-11(6-2,7-3)17-10-15-8(12)14-9(13-4)16-10/h5-7H2,1-4H3,(H2,13,14,15,16,17). The molecular weight excluding hydrogens is 238 g/mol. The van der Waals surface area contributed by atoms with Crippen LogP contribution in [0.3, 0.4) is 0 Å². The van der Waals surface area contributed by atoms with Crippen molar-refractivity contribution in [3.63, 3.8) is 0 Å². The first-order valence-corrected chi connectivity index (χ1v) is 6.34. The molecule has 1 heterocycles. The van der Waals surface area contributed by atoms with Crippen molar-refractivity contribution in [2.45, 2.75) is 45.6 Å². The smallest absolute Gasteiger partial charge is 0.229 e. The topological polar surface area (TPSA) is 62.7 Å². The highest BCUT2D eigenvalue weighted by Gasteiger charge is 2.24. The molecular formula is C11H20ClN5. The highest BCUT2D eigenvalue weighted by molar-refractivity contribution is 6.28. The third kappa shape index (κ3) is 3.43. The molecule has 17 heavy (non-hydrogen) atoms. The number of hydrogen-bond donors (Lipinski definition) is 2. The summed E-state index contributed by atoms with van der Waals surface area (Å²) in [6.07, 6.45) is 3.04. The van der Waals surface area contributed by atoms with Crippen molar-refractivity contribution in [1.82, 2.24) is 15.0 Å². The molecule has 1 rings (SSSR count). The van der Waals surface area contributed by atoms with Crippen LogP contribution in [0.2, 0.25) is 5.28 Å². The number of anilines is 2. The maximum absolute atomic E-state index is 5.84. The second-order valence-corrected chi connectivity index (χ2v) is 4.31. The van der Waals surface area contributed by atoms with Crippen LogP contribution in [0, 0.1) is 0 Å². The van der Waals surface area contributed by atoms with E-state index in [9.17, 15) is 0 Å². The van der Waals surface area contributed by atoms with E-state index in [2.05, 4.69) is 46.4 Å². The second kappa shape index (κ2) is 6.00. The molecule has 0 aliphatic heterocycles. The van der Waals surface area contributed by atoms with Crippen molar-refractivity contribution in [1.29, 1.82) is 0 Å². The normalized spacial score (nSPS) is 11.4. The third-order valence-electron chi connectivity index (χ3n) is 3.24. The Morgan fingerprint density at radius 1 is 1.00 bits per heavy atom. The zero-order valence-corrected chi connectivity index (χ0v) is 11.6. The summed E-state index contributed by atoms with van der Waals surface area (Å²) in [5, 5.41) is 6.43. The summed E-state index contributed by atoms with van der Waals surface area (Å²) < 4.78 is 0. The van der Waals surface area contributed by atoms with Crippen LogP contribution < -0.4 is 10.6 Å². The van der Waals surface area contributed by atoms with Gasteiger partial charge in [0.1, 0.15) is 0 Å². The molecule has 0 saturated heterocycles. The molecule has 0 aliphatic rings. The Kier molecular flexibility index (Phi) is 4.93. The quantitative estimate of drug-likeness (QED) is 0.820. The Morgan fingerprint density at radius 2 is 1.53 bits per heavy atom. The summed E-state index contributed by atoms with van der Waals surface area (Å²) in [6, 6.07) is 0. The van der Waals surface area contributed by atoms with E-state index < -0.39 is 0 Å². The lowest BCUT2D eigenvalue weighted by Gasteiger charge is -2.31. The van der Waals surface area contributed by atoms with E-state index in [1.54, 1.807) is 7.05 Å². The first kappa shape index (κ1) is 14.0. The monoisotopic (exact) mass is 257 g/mol. The zero-order chi connectivity index (χ0) is 12.9. The Morgan fingerprint density at radius 3 is 2.00 bits per heavy atom. The predicted molar refractivity (Wildman–Crippen MR) is 71.6 cm³/mol. The number of aromatic nitrogens is 3. The Hall–Kier alpha value is -1.10. The molecule has 0 spiro atoms. The number of rotatable bonds is 6. The molecule has 1 aromatic heterocycles. The maximum atomic E-state index is 5.84. The summed E-state index contributed by atoms with van der Waals surface area (Å²) in [5.74, 6) is 1.00. The maximum Gasteiger partial charge on any atom is 0.229 e. The molecule has 0 radical (unpaired) electrons. The Labute approximate surface area is 107 Å². The second-order valence-electron chi connectivity index (χ2n) is 3.97. The Balaban J connectivity index is 2.96. The highest BCUT2D eigenvalue weighted by Crippen LogP contribution is 2.24. The van der Waals surface area contributed by atoms with E-state index in [0.29, 0.717) is 11.9 Å². The van der Waals surface area contributed by atoms with Gasteiger partial charge in [0, 0.05) is 12.6 Å². The summed E-state index contributed by atoms with van der Waals surface area (Å²) in [6.45, 7) is 6.46. The van der Waals surface area contributed by atoms with Crippen molar-refractivity contribution < 1.29 is 0 Å². The van der Waals surface area contributed by atoms with Crippen LogP contribution in [0.15, 0.2) is 0 Å². The third-order valence-corrected chi connectivity index (χ3v) is 3.41. The van der Waals surface area contributed by atoms with Gasteiger partial charge in [-0.05, 0) is 30.9 Å². The van der Waals surface area contributed by atoms with Crippen LogP contribution in [-0.4, -0.2) is 27.5 Å². The number of nitrogens with zero attached hydrogens (tertiary/aromatic N) is 3. The van der Waals surface area contributed by atoms with Gasteiger partial charge in [-0.2, -0.15) is 15.0 Å². The molecule has 96 valence electrons. The minimum atomic E-state index is 0.0235. The summed E-state index contributed by atoms with van der Waals surface area (Å²) >= 11 is 5.84. The van der Waals surface area contributed by atoms with Gasteiger partial charge in [-0.25, -0.2) is 0 Å². The van der Waals surface area contributed by atoms with Crippen LogP contribution >= 0.6 is 11.6 Å². The van der Waals surface area contributed by atoms with E-state index in [4.69, 9.17) is 11.6 Å². The fourth-order valence-electron chi connectivity index (χ4n) is 1.77. The van der Waals surface area contributed by atoms with Crippen LogP contribution in [0.25, 0.3) is 0 Å². The van der Waals surface area contributed by atoms with E-state index in [0.717, 1.165) is 19.3 Å². The fraction of sp³-hybridized carbons (Fsp3) is 0.727. The van der Waals surface area contributed by atoms with E-state index >= 15 is 0 Å². The SMILES string of the molecule is CCC(CC)(CC)Nc1nc(Cl)nc(NC)n1. The minimum Gasteiger partial charge on any atom is -0.357 e. The minimum absolute atomic E-state index is 0.0235. The lowest BCUT2D eigenvalue weighted by molar-refractivity contribution is 0.417. The molecule has 0 saturated carbocycles. The van der Waals surface area contributed by atoms with Crippen molar-refractivity contribution in [2.75, 3.05) is 17.7 Å². The van der Waals surface area contributed by atoms with Crippen LogP contribution in [0.5, 0.6) is 0 Å². The molecule has 6 heteroatoms. The highest BCUT2D eigenvalue weighted by atomic mass is 35.5. The summed E-state index contributed by atoms with van der Waals surface area (Å²) in [7, 11) is 1.75.